The minimum absolute atomic E-state index is 0.129. The number of carbonyl (C=O) groups is 1. The molecule has 0 aliphatic carbocycles. The van der Waals surface area contributed by atoms with Crippen molar-refractivity contribution in [2.24, 2.45) is 5.73 Å². The monoisotopic (exact) mass is 234 g/mol. The lowest BCUT2D eigenvalue weighted by Gasteiger charge is -2.35. The van der Waals surface area contributed by atoms with Gasteiger partial charge in [0, 0.05) is 13.0 Å². The number of benzene rings is 1. The van der Waals surface area contributed by atoms with Crippen LogP contribution in [-0.4, -0.2) is 30.7 Å². The fourth-order valence-electron chi connectivity index (χ4n) is 2.15. The third-order valence-corrected chi connectivity index (χ3v) is 3.02. The van der Waals surface area contributed by atoms with Crippen molar-refractivity contribution < 1.29 is 9.53 Å². The van der Waals surface area contributed by atoms with Gasteiger partial charge in [-0.25, -0.2) is 4.79 Å². The van der Waals surface area contributed by atoms with Gasteiger partial charge in [-0.3, -0.25) is 0 Å². The average molecular weight is 234 g/mol. The molecule has 17 heavy (non-hydrogen) atoms. The van der Waals surface area contributed by atoms with E-state index in [0.717, 1.165) is 12.8 Å². The normalized spacial score (nSPS) is 20.2. The summed E-state index contributed by atoms with van der Waals surface area (Å²) >= 11 is 0. The lowest BCUT2D eigenvalue weighted by Crippen LogP contribution is -2.41. The van der Waals surface area contributed by atoms with E-state index in [2.05, 4.69) is 12.1 Å². The smallest absolute Gasteiger partial charge is 0.410 e. The summed E-state index contributed by atoms with van der Waals surface area (Å²) in [5.74, 6) is 0. The highest BCUT2D eigenvalue weighted by atomic mass is 16.6. The lowest BCUT2D eigenvalue weighted by atomic mass is 10.0. The van der Waals surface area contributed by atoms with E-state index in [0.29, 0.717) is 19.7 Å². The van der Waals surface area contributed by atoms with Crippen molar-refractivity contribution in [2.75, 3.05) is 19.7 Å². The Labute approximate surface area is 101 Å². The number of cyclic esters (lactones) is 1. The first-order valence-electron chi connectivity index (χ1n) is 6.01. The van der Waals surface area contributed by atoms with Crippen molar-refractivity contribution in [3.8, 4) is 0 Å². The number of ether oxygens (including phenoxy) is 1. The van der Waals surface area contributed by atoms with Gasteiger partial charge in [-0.05, 0) is 18.5 Å². The van der Waals surface area contributed by atoms with E-state index in [-0.39, 0.29) is 12.1 Å². The van der Waals surface area contributed by atoms with Gasteiger partial charge in [-0.15, -0.1) is 0 Å². The number of hydrogen-bond acceptors (Lipinski definition) is 3. The maximum Gasteiger partial charge on any atom is 0.410 e. The second kappa shape index (κ2) is 5.68. The van der Waals surface area contributed by atoms with Crippen LogP contribution in [0.1, 0.15) is 24.4 Å². The van der Waals surface area contributed by atoms with Gasteiger partial charge in [-0.2, -0.15) is 0 Å². The quantitative estimate of drug-likeness (QED) is 0.866. The second-order valence-corrected chi connectivity index (χ2v) is 4.17. The molecule has 1 fully saturated rings. The van der Waals surface area contributed by atoms with Crippen molar-refractivity contribution in [3.63, 3.8) is 0 Å². The van der Waals surface area contributed by atoms with E-state index in [1.807, 2.05) is 18.2 Å². The summed E-state index contributed by atoms with van der Waals surface area (Å²) in [5.41, 5.74) is 6.66. The SMILES string of the molecule is NCCCN1C(=O)OCCC1c1ccccc1. The van der Waals surface area contributed by atoms with E-state index in [4.69, 9.17) is 10.5 Å². The molecule has 0 saturated carbocycles. The molecule has 0 aromatic heterocycles. The molecule has 2 rings (SSSR count). The molecule has 1 saturated heterocycles. The van der Waals surface area contributed by atoms with Crippen molar-refractivity contribution in [2.45, 2.75) is 18.9 Å². The predicted octanol–water partition coefficient (Wildman–Crippen LogP) is 1.92. The Balaban J connectivity index is 2.14. The molecule has 0 spiro atoms. The first kappa shape index (κ1) is 11.9. The van der Waals surface area contributed by atoms with Gasteiger partial charge in [0.25, 0.3) is 0 Å². The first-order chi connectivity index (χ1) is 8.33. The van der Waals surface area contributed by atoms with Gasteiger partial charge < -0.3 is 15.4 Å². The zero-order valence-electron chi connectivity index (χ0n) is 9.84. The van der Waals surface area contributed by atoms with Gasteiger partial charge in [0.15, 0.2) is 0 Å². The fourth-order valence-corrected chi connectivity index (χ4v) is 2.15. The first-order valence-corrected chi connectivity index (χ1v) is 6.01. The second-order valence-electron chi connectivity index (χ2n) is 4.17. The van der Waals surface area contributed by atoms with Crippen molar-refractivity contribution in [1.29, 1.82) is 0 Å². The maximum atomic E-state index is 11.7. The van der Waals surface area contributed by atoms with Gasteiger partial charge in [-0.1, -0.05) is 30.3 Å². The molecule has 4 nitrogen and oxygen atoms in total. The topological polar surface area (TPSA) is 55.6 Å². The zero-order chi connectivity index (χ0) is 12.1. The van der Waals surface area contributed by atoms with Crippen LogP contribution in [0.25, 0.3) is 0 Å². The third kappa shape index (κ3) is 2.77. The van der Waals surface area contributed by atoms with Crippen LogP contribution in [-0.2, 0) is 4.74 Å². The molecule has 92 valence electrons. The van der Waals surface area contributed by atoms with Crippen molar-refractivity contribution >= 4 is 6.09 Å². The van der Waals surface area contributed by atoms with Crippen LogP contribution in [0.5, 0.6) is 0 Å². The van der Waals surface area contributed by atoms with Crippen LogP contribution < -0.4 is 5.73 Å². The summed E-state index contributed by atoms with van der Waals surface area (Å²) in [7, 11) is 0. The summed E-state index contributed by atoms with van der Waals surface area (Å²) in [6.45, 7) is 1.75. The molecule has 1 aliphatic heterocycles. The Morgan fingerprint density at radius 2 is 2.12 bits per heavy atom. The van der Waals surface area contributed by atoms with Crippen LogP contribution >= 0.6 is 0 Å². The number of rotatable bonds is 4. The molecule has 1 atom stereocenters. The molecule has 2 N–H and O–H groups in total. The minimum Gasteiger partial charge on any atom is -0.449 e. The molecule has 0 bridgehead atoms. The number of hydrogen-bond donors (Lipinski definition) is 1. The molecule has 1 heterocycles. The third-order valence-electron chi connectivity index (χ3n) is 3.02. The molecular formula is C13H18N2O2. The van der Waals surface area contributed by atoms with Gasteiger partial charge >= 0.3 is 6.09 Å². The minimum atomic E-state index is -0.224. The number of nitrogens with two attached hydrogens (primary N) is 1. The largest absolute Gasteiger partial charge is 0.449 e. The van der Waals surface area contributed by atoms with Crippen LogP contribution in [0.15, 0.2) is 30.3 Å². The van der Waals surface area contributed by atoms with E-state index in [1.165, 1.54) is 5.56 Å². The molecular weight excluding hydrogens is 216 g/mol. The Morgan fingerprint density at radius 3 is 2.82 bits per heavy atom. The van der Waals surface area contributed by atoms with E-state index in [9.17, 15) is 4.79 Å². The summed E-state index contributed by atoms with van der Waals surface area (Å²) in [5, 5.41) is 0. The Morgan fingerprint density at radius 1 is 1.35 bits per heavy atom. The highest BCUT2D eigenvalue weighted by Crippen LogP contribution is 2.28. The van der Waals surface area contributed by atoms with Crippen LogP contribution in [0.4, 0.5) is 4.79 Å². The van der Waals surface area contributed by atoms with Crippen molar-refractivity contribution in [1.82, 2.24) is 4.90 Å². The highest BCUT2D eigenvalue weighted by molar-refractivity contribution is 5.69. The van der Waals surface area contributed by atoms with E-state index >= 15 is 0 Å². The summed E-state index contributed by atoms with van der Waals surface area (Å²) < 4.78 is 5.09. The van der Waals surface area contributed by atoms with E-state index in [1.54, 1.807) is 4.90 Å². The Hall–Kier alpha value is -1.55. The molecule has 1 aromatic rings. The van der Waals surface area contributed by atoms with E-state index < -0.39 is 0 Å². The lowest BCUT2D eigenvalue weighted by molar-refractivity contribution is 0.0435. The number of carbonyl (C=O) groups excluding carboxylic acids is 1. The molecule has 1 aromatic carbocycles. The average Bonchev–Trinajstić information content (AvgIpc) is 2.38. The van der Waals surface area contributed by atoms with Gasteiger partial charge in [0.2, 0.25) is 0 Å². The summed E-state index contributed by atoms with van der Waals surface area (Å²) in [6, 6.07) is 10.2. The number of nitrogens with zero attached hydrogens (tertiary/aromatic N) is 1. The van der Waals surface area contributed by atoms with Gasteiger partial charge in [0.05, 0.1) is 12.6 Å². The fraction of sp³-hybridized carbons (Fsp3) is 0.462. The van der Waals surface area contributed by atoms with Crippen LogP contribution in [0.3, 0.4) is 0 Å². The predicted molar refractivity (Wildman–Crippen MR) is 65.5 cm³/mol. The van der Waals surface area contributed by atoms with Crippen LogP contribution in [0.2, 0.25) is 0 Å². The maximum absolute atomic E-state index is 11.7. The molecule has 4 heteroatoms. The molecule has 1 aliphatic rings. The van der Waals surface area contributed by atoms with Gasteiger partial charge in [0.1, 0.15) is 0 Å². The number of amides is 1. The molecule has 0 radical (unpaired) electrons. The Kier molecular flexibility index (Phi) is 3.98. The Bertz CT molecular complexity index is 367. The summed E-state index contributed by atoms with van der Waals surface area (Å²) in [4.78, 5) is 13.5. The highest BCUT2D eigenvalue weighted by Gasteiger charge is 2.29. The zero-order valence-corrected chi connectivity index (χ0v) is 9.84. The molecule has 1 unspecified atom stereocenters. The molecule has 1 amide bonds. The standard InChI is InChI=1S/C13H18N2O2/c14-8-4-9-15-12(7-10-17-13(15)16)11-5-2-1-3-6-11/h1-3,5-6,12H,4,7-10,14H2. The summed E-state index contributed by atoms with van der Waals surface area (Å²) in [6.07, 6.45) is 1.43. The van der Waals surface area contributed by atoms with Crippen LogP contribution in [0, 0.1) is 0 Å². The van der Waals surface area contributed by atoms with Crippen molar-refractivity contribution in [3.05, 3.63) is 35.9 Å².